The molecule has 0 radical (unpaired) electrons. The summed E-state index contributed by atoms with van der Waals surface area (Å²) in [5.74, 6) is -0.186. The average Bonchev–Trinajstić information content (AvgIpc) is 3.59. The Bertz CT molecular complexity index is 1150. The van der Waals surface area contributed by atoms with Gasteiger partial charge in [0.25, 0.3) is 0 Å². The third-order valence-electron chi connectivity index (χ3n) is 10.3. The fourth-order valence-corrected chi connectivity index (χ4v) is 8.29. The first kappa shape index (κ1) is 28.3. The molecule has 214 valence electrons. The van der Waals surface area contributed by atoms with Gasteiger partial charge in [-0.2, -0.15) is 5.10 Å². The third-order valence-corrected chi connectivity index (χ3v) is 10.3. The molecule has 2 heterocycles. The number of carboxylic acids is 1. The fourth-order valence-electron chi connectivity index (χ4n) is 8.29. The molecule has 1 spiro atoms. The van der Waals surface area contributed by atoms with Crippen molar-refractivity contribution < 1.29 is 14.3 Å². The Labute approximate surface area is 233 Å². The van der Waals surface area contributed by atoms with Gasteiger partial charge in [0.05, 0.1) is 5.69 Å². The zero-order valence-corrected chi connectivity index (χ0v) is 24.5. The molecular weight excluding hydrogens is 491 g/mol. The van der Waals surface area contributed by atoms with Gasteiger partial charge >= 0.3 is 5.97 Å². The monoisotopic (exact) mass is 538 g/mol. The van der Waals surface area contributed by atoms with Gasteiger partial charge in [-0.3, -0.25) is 14.4 Å². The van der Waals surface area contributed by atoms with Crippen molar-refractivity contribution in [1.82, 2.24) is 19.6 Å². The molecule has 7 heteroatoms. The molecule has 2 fully saturated rings. The van der Waals surface area contributed by atoms with Crippen LogP contribution in [0.5, 0.6) is 0 Å². The zero-order chi connectivity index (χ0) is 27.9. The molecule has 0 bridgehead atoms. The highest BCUT2D eigenvalue weighted by Gasteiger charge is 2.46. The van der Waals surface area contributed by atoms with E-state index in [1.807, 2.05) is 33.0 Å². The van der Waals surface area contributed by atoms with Gasteiger partial charge in [-0.25, -0.2) is 4.39 Å². The first-order valence-electron chi connectivity index (χ1n) is 15.2. The number of piperidine rings is 1. The van der Waals surface area contributed by atoms with Crippen LogP contribution in [0.3, 0.4) is 0 Å². The van der Waals surface area contributed by atoms with E-state index in [9.17, 15) is 14.3 Å². The van der Waals surface area contributed by atoms with Gasteiger partial charge in [-0.1, -0.05) is 32.9 Å². The van der Waals surface area contributed by atoms with E-state index in [0.717, 1.165) is 45.4 Å². The highest BCUT2D eigenvalue weighted by atomic mass is 19.1. The van der Waals surface area contributed by atoms with Crippen LogP contribution in [0.1, 0.15) is 88.2 Å². The van der Waals surface area contributed by atoms with E-state index in [0.29, 0.717) is 11.8 Å². The Balaban J connectivity index is 1.32. The highest BCUT2D eigenvalue weighted by Crippen LogP contribution is 2.48. The topological polar surface area (TPSA) is 61.6 Å². The van der Waals surface area contributed by atoms with Crippen molar-refractivity contribution in [3.05, 3.63) is 52.6 Å². The van der Waals surface area contributed by atoms with Gasteiger partial charge in [0, 0.05) is 30.2 Å². The first-order chi connectivity index (χ1) is 18.7. The molecule has 1 saturated heterocycles. The third kappa shape index (κ3) is 5.29. The lowest BCUT2D eigenvalue weighted by molar-refractivity contribution is -0.145. The summed E-state index contributed by atoms with van der Waals surface area (Å²) in [7, 11) is 1.98. The van der Waals surface area contributed by atoms with Crippen molar-refractivity contribution in [1.29, 1.82) is 0 Å². The Kier molecular flexibility index (Phi) is 8.21. The van der Waals surface area contributed by atoms with Gasteiger partial charge in [0.2, 0.25) is 0 Å². The molecule has 2 aliphatic carbocycles. The summed E-state index contributed by atoms with van der Waals surface area (Å²) in [4.78, 5) is 16.9. The van der Waals surface area contributed by atoms with Crippen LogP contribution in [0.25, 0.3) is 0 Å². The number of aryl methyl sites for hydroxylation is 2. The standard InChI is InChI=1S/C32H47FN4O2/c1-6-28-26-12-13-32(30(26)37(7-2)34-28)14-16-36(17-15-32)20-23-18-25(35(5)29(21(3)4)31(38)39)19-27(23)22-8-10-24(33)11-9-22/h8-11,21,23,25,27,29H,6-7,12-20H2,1-5H3,(H,38,39)/t23-,25+,27-,29-/m1/s1. The molecule has 1 aliphatic heterocycles. The summed E-state index contributed by atoms with van der Waals surface area (Å²) in [5.41, 5.74) is 5.81. The van der Waals surface area contributed by atoms with Crippen LogP contribution in [-0.2, 0) is 29.6 Å². The summed E-state index contributed by atoms with van der Waals surface area (Å²) >= 11 is 0. The normalized spacial score (nSPS) is 25.6. The molecule has 3 aliphatic rings. The predicted molar refractivity (Wildman–Crippen MR) is 153 cm³/mol. The number of aromatic nitrogens is 2. The van der Waals surface area contributed by atoms with Crippen LogP contribution in [0.4, 0.5) is 4.39 Å². The summed E-state index contributed by atoms with van der Waals surface area (Å²) in [6, 6.07) is 6.73. The number of hydrogen-bond donors (Lipinski definition) is 1. The number of benzene rings is 1. The van der Waals surface area contributed by atoms with Crippen LogP contribution in [0.2, 0.25) is 0 Å². The molecule has 1 aromatic heterocycles. The van der Waals surface area contributed by atoms with Gasteiger partial charge in [0.15, 0.2) is 0 Å². The molecule has 4 atom stereocenters. The minimum atomic E-state index is -0.746. The Morgan fingerprint density at radius 1 is 1.15 bits per heavy atom. The minimum Gasteiger partial charge on any atom is -0.480 e. The maximum atomic E-state index is 13.8. The maximum absolute atomic E-state index is 13.8. The number of likely N-dealkylation sites (N-methyl/N-ethyl adjacent to an activating group) is 1. The second-order valence-corrected chi connectivity index (χ2v) is 12.8. The van der Waals surface area contributed by atoms with Crippen molar-refractivity contribution in [2.24, 2.45) is 11.8 Å². The second-order valence-electron chi connectivity index (χ2n) is 12.8. The summed E-state index contributed by atoms with van der Waals surface area (Å²) in [5, 5.41) is 14.9. The van der Waals surface area contributed by atoms with E-state index in [2.05, 4.69) is 28.3 Å². The van der Waals surface area contributed by atoms with Crippen LogP contribution >= 0.6 is 0 Å². The van der Waals surface area contributed by atoms with Gasteiger partial charge < -0.3 is 10.0 Å². The van der Waals surface area contributed by atoms with E-state index in [1.165, 1.54) is 48.2 Å². The molecule has 5 rings (SSSR count). The molecular formula is C32H47FN4O2. The van der Waals surface area contributed by atoms with Crippen molar-refractivity contribution in [3.8, 4) is 0 Å². The number of halogens is 1. The molecule has 1 N–H and O–H groups in total. The Morgan fingerprint density at radius 2 is 1.85 bits per heavy atom. The molecule has 0 amide bonds. The lowest BCUT2D eigenvalue weighted by atomic mass is 9.75. The number of likely N-dealkylation sites (tertiary alicyclic amines) is 1. The van der Waals surface area contributed by atoms with Crippen molar-refractivity contribution in [3.63, 3.8) is 0 Å². The van der Waals surface area contributed by atoms with Gasteiger partial charge in [-0.05, 0) is 113 Å². The average molecular weight is 539 g/mol. The lowest BCUT2D eigenvalue weighted by Gasteiger charge is -2.41. The number of fused-ring (bicyclic) bond motifs is 2. The van der Waals surface area contributed by atoms with Crippen LogP contribution in [0.15, 0.2) is 24.3 Å². The predicted octanol–water partition coefficient (Wildman–Crippen LogP) is 5.49. The second kappa shape index (κ2) is 11.3. The SMILES string of the molecule is CCc1nn(CC)c2c1CCC21CCN(C[C@H]2C[C@H](N(C)[C@@H](C(=O)O)C(C)C)C[C@@H]2c2ccc(F)cc2)CC1. The lowest BCUT2D eigenvalue weighted by Crippen LogP contribution is -2.47. The van der Waals surface area contributed by atoms with Crippen LogP contribution in [-0.4, -0.2) is 69.4 Å². The summed E-state index contributed by atoms with van der Waals surface area (Å²) in [6.45, 7) is 12.6. The van der Waals surface area contributed by atoms with E-state index >= 15 is 0 Å². The molecule has 1 saturated carbocycles. The largest absolute Gasteiger partial charge is 0.480 e. The maximum Gasteiger partial charge on any atom is 0.321 e. The quantitative estimate of drug-likeness (QED) is 0.458. The molecule has 39 heavy (non-hydrogen) atoms. The number of aliphatic carboxylic acids is 1. The highest BCUT2D eigenvalue weighted by molar-refractivity contribution is 5.73. The van der Waals surface area contributed by atoms with Crippen LogP contribution < -0.4 is 0 Å². The van der Waals surface area contributed by atoms with E-state index < -0.39 is 12.0 Å². The number of nitrogens with zero attached hydrogens (tertiary/aromatic N) is 4. The van der Waals surface area contributed by atoms with E-state index in [4.69, 9.17) is 5.10 Å². The van der Waals surface area contributed by atoms with E-state index in [-0.39, 0.29) is 23.2 Å². The van der Waals surface area contributed by atoms with Crippen molar-refractivity contribution >= 4 is 5.97 Å². The van der Waals surface area contributed by atoms with Crippen LogP contribution in [0, 0.1) is 17.7 Å². The first-order valence-corrected chi connectivity index (χ1v) is 15.2. The molecule has 0 unspecified atom stereocenters. The molecule has 6 nitrogen and oxygen atoms in total. The van der Waals surface area contributed by atoms with Gasteiger partial charge in [-0.15, -0.1) is 0 Å². The molecule has 2 aromatic rings. The van der Waals surface area contributed by atoms with E-state index in [1.54, 1.807) is 12.1 Å². The molecule has 1 aromatic carbocycles. The van der Waals surface area contributed by atoms with Crippen molar-refractivity contribution in [2.45, 2.75) is 103 Å². The smallest absolute Gasteiger partial charge is 0.321 e. The number of carbonyl (C=O) groups is 1. The van der Waals surface area contributed by atoms with Crippen molar-refractivity contribution in [2.75, 3.05) is 26.7 Å². The Morgan fingerprint density at radius 3 is 2.44 bits per heavy atom. The number of carboxylic acid groups (broad SMARTS) is 1. The fraction of sp³-hybridized carbons (Fsp3) is 0.688. The minimum absolute atomic E-state index is 0.0372. The Hall–Kier alpha value is -2.25. The van der Waals surface area contributed by atoms with Gasteiger partial charge in [0.1, 0.15) is 11.9 Å². The number of rotatable bonds is 9. The number of hydrogen-bond acceptors (Lipinski definition) is 4. The zero-order valence-electron chi connectivity index (χ0n) is 24.5. The summed E-state index contributed by atoms with van der Waals surface area (Å²) < 4.78 is 16.1. The summed E-state index contributed by atoms with van der Waals surface area (Å²) in [6.07, 6.45) is 7.69.